The van der Waals surface area contributed by atoms with Crippen LogP contribution in [0.2, 0.25) is 10.0 Å². The molecule has 0 fully saturated rings. The van der Waals surface area contributed by atoms with Gasteiger partial charge in [-0.2, -0.15) is 0 Å². The van der Waals surface area contributed by atoms with Gasteiger partial charge in [0, 0.05) is 0 Å². The predicted octanol–water partition coefficient (Wildman–Crippen LogP) is 0.757. The van der Waals surface area contributed by atoms with Crippen molar-refractivity contribution in [3.8, 4) is 0 Å². The summed E-state index contributed by atoms with van der Waals surface area (Å²) in [5.41, 5.74) is 4.99. The van der Waals surface area contributed by atoms with Crippen LogP contribution in [0.1, 0.15) is 0 Å². The molecule has 0 saturated carbocycles. The zero-order chi connectivity index (χ0) is 12.3. The largest absolute Gasteiger partial charge is 0.322 e. The van der Waals surface area contributed by atoms with E-state index in [1.165, 1.54) is 18.2 Å². The molecule has 0 heterocycles. The highest BCUT2D eigenvalue weighted by molar-refractivity contribution is 7.90. The van der Waals surface area contributed by atoms with E-state index in [0.717, 1.165) is 0 Å². The molecule has 0 aromatic heterocycles. The van der Waals surface area contributed by atoms with Crippen LogP contribution in [0.5, 0.6) is 0 Å². The Hall–Kier alpha value is -0.820. The summed E-state index contributed by atoms with van der Waals surface area (Å²) >= 11 is 11.4. The first-order valence-corrected chi connectivity index (χ1v) is 6.32. The molecule has 3 N–H and O–H groups in total. The molecule has 1 rings (SSSR count). The summed E-state index contributed by atoms with van der Waals surface area (Å²) in [5, 5.41) is -0.0498. The van der Waals surface area contributed by atoms with Crippen LogP contribution in [0.15, 0.2) is 23.1 Å². The molecule has 0 aliphatic rings. The molecule has 5 nitrogen and oxygen atoms in total. The standard InChI is InChI=1S/C8H8Cl2N2O3S/c9-5-2-1-3-6(8(5)10)16(14,15)12-7(13)4-11/h1-3H,4,11H2,(H,12,13). The highest BCUT2D eigenvalue weighted by atomic mass is 35.5. The van der Waals surface area contributed by atoms with Crippen LogP contribution in [-0.2, 0) is 14.8 Å². The second kappa shape index (κ2) is 5.01. The maximum atomic E-state index is 11.6. The van der Waals surface area contributed by atoms with Crippen LogP contribution in [0.25, 0.3) is 0 Å². The van der Waals surface area contributed by atoms with Crippen molar-refractivity contribution >= 4 is 39.1 Å². The van der Waals surface area contributed by atoms with Gasteiger partial charge in [-0.05, 0) is 12.1 Å². The Bertz CT molecular complexity index is 516. The number of nitrogens with one attached hydrogen (secondary N) is 1. The van der Waals surface area contributed by atoms with Crippen molar-refractivity contribution in [1.82, 2.24) is 4.72 Å². The monoisotopic (exact) mass is 282 g/mol. The fraction of sp³-hybridized carbons (Fsp3) is 0.125. The predicted molar refractivity (Wildman–Crippen MR) is 60.8 cm³/mol. The molecule has 0 aliphatic carbocycles. The summed E-state index contributed by atoms with van der Waals surface area (Å²) in [6, 6.07) is 4.09. The Morgan fingerprint density at radius 1 is 1.38 bits per heavy atom. The molecule has 8 heteroatoms. The number of benzene rings is 1. The van der Waals surface area contributed by atoms with Gasteiger partial charge in [-0.3, -0.25) is 4.79 Å². The second-order valence-corrected chi connectivity index (χ2v) is 5.22. The van der Waals surface area contributed by atoms with Gasteiger partial charge in [0.05, 0.1) is 16.6 Å². The van der Waals surface area contributed by atoms with Gasteiger partial charge < -0.3 is 5.73 Å². The highest BCUT2D eigenvalue weighted by Crippen LogP contribution is 2.28. The van der Waals surface area contributed by atoms with Crippen molar-refractivity contribution in [2.75, 3.05) is 6.54 Å². The van der Waals surface area contributed by atoms with Gasteiger partial charge in [0.2, 0.25) is 5.91 Å². The maximum absolute atomic E-state index is 11.6. The molecule has 0 atom stereocenters. The van der Waals surface area contributed by atoms with Crippen LogP contribution in [0, 0.1) is 0 Å². The number of nitrogens with two attached hydrogens (primary N) is 1. The van der Waals surface area contributed by atoms with E-state index in [1.54, 1.807) is 4.72 Å². The minimum absolute atomic E-state index is 0.0877. The van der Waals surface area contributed by atoms with Gasteiger partial charge in [0.15, 0.2) is 0 Å². The average molecular weight is 283 g/mol. The third-order valence-electron chi connectivity index (χ3n) is 1.64. The zero-order valence-corrected chi connectivity index (χ0v) is 10.2. The highest BCUT2D eigenvalue weighted by Gasteiger charge is 2.21. The fourth-order valence-electron chi connectivity index (χ4n) is 0.938. The molecular formula is C8H8Cl2N2O3S. The Balaban J connectivity index is 3.18. The molecule has 0 bridgehead atoms. The summed E-state index contributed by atoms with van der Waals surface area (Å²) in [4.78, 5) is 10.6. The van der Waals surface area contributed by atoms with E-state index in [-0.39, 0.29) is 14.9 Å². The summed E-state index contributed by atoms with van der Waals surface area (Å²) in [6.07, 6.45) is 0. The first kappa shape index (κ1) is 13.2. The summed E-state index contributed by atoms with van der Waals surface area (Å²) in [5.74, 6) is -0.823. The first-order valence-electron chi connectivity index (χ1n) is 4.08. The van der Waals surface area contributed by atoms with Crippen LogP contribution in [0.3, 0.4) is 0 Å². The normalized spacial score (nSPS) is 11.2. The number of rotatable bonds is 3. The number of carbonyl (C=O) groups excluding carboxylic acids is 1. The molecule has 1 aromatic carbocycles. The van der Waals surface area contributed by atoms with Crippen molar-refractivity contribution < 1.29 is 13.2 Å². The third kappa shape index (κ3) is 2.85. The Morgan fingerprint density at radius 3 is 2.56 bits per heavy atom. The van der Waals surface area contributed by atoms with Crippen molar-refractivity contribution in [3.63, 3.8) is 0 Å². The van der Waals surface area contributed by atoms with Crippen molar-refractivity contribution in [3.05, 3.63) is 28.2 Å². The van der Waals surface area contributed by atoms with E-state index >= 15 is 0 Å². The molecule has 0 unspecified atom stereocenters. The smallest absolute Gasteiger partial charge is 0.265 e. The van der Waals surface area contributed by atoms with Crippen LogP contribution < -0.4 is 10.5 Å². The first-order chi connectivity index (χ1) is 7.38. The van der Waals surface area contributed by atoms with Crippen LogP contribution in [0.4, 0.5) is 0 Å². The van der Waals surface area contributed by atoms with Crippen molar-refractivity contribution in [2.24, 2.45) is 5.73 Å². The lowest BCUT2D eigenvalue weighted by atomic mass is 10.4. The molecule has 1 amide bonds. The molecule has 0 aliphatic heterocycles. The van der Waals surface area contributed by atoms with Gasteiger partial charge in [-0.1, -0.05) is 29.3 Å². The molecular weight excluding hydrogens is 275 g/mol. The maximum Gasteiger partial charge on any atom is 0.265 e. The number of hydrogen-bond acceptors (Lipinski definition) is 4. The number of halogens is 2. The Labute approximate surface area is 103 Å². The SMILES string of the molecule is NCC(=O)NS(=O)(=O)c1cccc(Cl)c1Cl. The second-order valence-electron chi connectivity index (χ2n) is 2.78. The van der Waals surface area contributed by atoms with E-state index in [0.29, 0.717) is 0 Å². The molecule has 1 aromatic rings. The molecule has 16 heavy (non-hydrogen) atoms. The van der Waals surface area contributed by atoms with Gasteiger partial charge in [0.1, 0.15) is 4.90 Å². The summed E-state index contributed by atoms with van der Waals surface area (Å²) in [6.45, 7) is -0.433. The van der Waals surface area contributed by atoms with E-state index in [4.69, 9.17) is 28.9 Å². The molecule has 0 spiro atoms. The van der Waals surface area contributed by atoms with Gasteiger partial charge >= 0.3 is 0 Å². The van der Waals surface area contributed by atoms with Gasteiger partial charge in [-0.25, -0.2) is 13.1 Å². The summed E-state index contributed by atoms with van der Waals surface area (Å²) < 4.78 is 25.0. The number of hydrogen-bond donors (Lipinski definition) is 2. The van der Waals surface area contributed by atoms with Crippen molar-refractivity contribution in [2.45, 2.75) is 4.90 Å². The summed E-state index contributed by atoms with van der Waals surface area (Å²) in [7, 11) is -4.02. The number of amides is 1. The lowest BCUT2D eigenvalue weighted by Crippen LogP contribution is -2.35. The van der Waals surface area contributed by atoms with Crippen molar-refractivity contribution in [1.29, 1.82) is 0 Å². The van der Waals surface area contributed by atoms with E-state index < -0.39 is 22.5 Å². The topological polar surface area (TPSA) is 89.3 Å². The minimum Gasteiger partial charge on any atom is -0.322 e. The number of carbonyl (C=O) groups is 1. The Morgan fingerprint density at radius 2 is 2.00 bits per heavy atom. The minimum atomic E-state index is -4.02. The van der Waals surface area contributed by atoms with E-state index in [9.17, 15) is 13.2 Å². The number of sulfonamides is 1. The fourth-order valence-corrected chi connectivity index (χ4v) is 2.70. The third-order valence-corrected chi connectivity index (χ3v) is 3.99. The molecule has 88 valence electrons. The molecule has 0 saturated heterocycles. The molecule has 0 radical (unpaired) electrons. The van der Waals surface area contributed by atoms with Gasteiger partial charge in [-0.15, -0.1) is 0 Å². The van der Waals surface area contributed by atoms with Crippen LogP contribution >= 0.6 is 23.2 Å². The van der Waals surface area contributed by atoms with E-state index in [2.05, 4.69) is 0 Å². The van der Waals surface area contributed by atoms with E-state index in [1.807, 2.05) is 0 Å². The lowest BCUT2D eigenvalue weighted by molar-refractivity contribution is -0.118. The lowest BCUT2D eigenvalue weighted by Gasteiger charge is -2.07. The quantitative estimate of drug-likeness (QED) is 0.857. The van der Waals surface area contributed by atoms with Crippen LogP contribution in [-0.4, -0.2) is 20.9 Å². The van der Waals surface area contributed by atoms with Gasteiger partial charge in [0.25, 0.3) is 10.0 Å². The Kier molecular flexibility index (Phi) is 4.15. The average Bonchev–Trinajstić information content (AvgIpc) is 2.21. The zero-order valence-electron chi connectivity index (χ0n) is 7.91.